The van der Waals surface area contributed by atoms with Gasteiger partial charge in [0, 0.05) is 6.54 Å². The summed E-state index contributed by atoms with van der Waals surface area (Å²) >= 11 is 0. The number of nitrogens with one attached hydrogen (secondary N) is 2. The zero-order valence-corrected chi connectivity index (χ0v) is 6.72. The smallest absolute Gasteiger partial charge is 0.324 e. The summed E-state index contributed by atoms with van der Waals surface area (Å²) < 4.78 is 4.60. The van der Waals surface area contributed by atoms with Crippen LogP contribution in [0.4, 0.5) is 0 Å². The van der Waals surface area contributed by atoms with Gasteiger partial charge in [-0.1, -0.05) is 0 Å². The summed E-state index contributed by atoms with van der Waals surface area (Å²) in [4.78, 5) is 11.0. The highest BCUT2D eigenvalue weighted by molar-refractivity contribution is 5.75. The Balaban J connectivity index is 2.36. The Kier molecular flexibility index (Phi) is 3.32. The highest BCUT2D eigenvalue weighted by atomic mass is 16.5. The van der Waals surface area contributed by atoms with E-state index in [1.165, 1.54) is 7.11 Å². The molecule has 1 heterocycles. The second-order valence-corrected chi connectivity index (χ2v) is 2.59. The van der Waals surface area contributed by atoms with Crippen LogP contribution in [-0.2, 0) is 9.53 Å². The molecule has 11 heavy (non-hydrogen) atoms. The molecule has 4 heteroatoms. The third kappa shape index (κ3) is 2.48. The van der Waals surface area contributed by atoms with Gasteiger partial charge in [0.15, 0.2) is 0 Å². The topological polar surface area (TPSA) is 50.4 Å². The zero-order valence-electron chi connectivity index (χ0n) is 6.72. The Labute approximate surface area is 66.3 Å². The van der Waals surface area contributed by atoms with Gasteiger partial charge in [-0.2, -0.15) is 0 Å². The first-order chi connectivity index (χ1) is 5.34. The minimum atomic E-state index is -0.181. The lowest BCUT2D eigenvalue weighted by atomic mass is 10.3. The van der Waals surface area contributed by atoms with E-state index in [2.05, 4.69) is 15.4 Å². The van der Waals surface area contributed by atoms with E-state index in [1.807, 2.05) is 0 Å². The normalized spacial score (nSPS) is 25.7. The predicted molar refractivity (Wildman–Crippen MR) is 41.3 cm³/mol. The number of hydrogen-bond donors (Lipinski definition) is 2. The first-order valence-corrected chi connectivity index (χ1v) is 3.86. The molecule has 1 aliphatic heterocycles. The fraction of sp³-hybridized carbons (Fsp3) is 0.857. The Hall–Kier alpha value is -0.610. The molecule has 0 radical (unpaired) electrons. The molecule has 1 fully saturated rings. The molecule has 1 aliphatic rings. The molecule has 1 saturated heterocycles. The summed E-state index contributed by atoms with van der Waals surface area (Å²) in [5.41, 5.74) is 0. The van der Waals surface area contributed by atoms with Crippen molar-refractivity contribution in [1.82, 2.24) is 10.6 Å². The van der Waals surface area contributed by atoms with Gasteiger partial charge in [-0.3, -0.25) is 4.79 Å². The van der Waals surface area contributed by atoms with E-state index in [0.717, 1.165) is 19.5 Å². The van der Waals surface area contributed by atoms with Crippen molar-refractivity contribution in [2.24, 2.45) is 0 Å². The molecule has 2 N–H and O–H groups in total. The first-order valence-electron chi connectivity index (χ1n) is 3.86. The van der Waals surface area contributed by atoms with Crippen LogP contribution in [0.5, 0.6) is 0 Å². The van der Waals surface area contributed by atoms with E-state index in [4.69, 9.17) is 0 Å². The minimum absolute atomic E-state index is 0.164. The van der Waals surface area contributed by atoms with Gasteiger partial charge in [0.25, 0.3) is 0 Å². The number of rotatable bonds is 1. The van der Waals surface area contributed by atoms with Crippen LogP contribution >= 0.6 is 0 Å². The van der Waals surface area contributed by atoms with Gasteiger partial charge in [0.2, 0.25) is 0 Å². The van der Waals surface area contributed by atoms with Gasteiger partial charge in [-0.05, 0) is 19.5 Å². The van der Waals surface area contributed by atoms with Crippen molar-refractivity contribution >= 4 is 5.97 Å². The van der Waals surface area contributed by atoms with Gasteiger partial charge in [-0.15, -0.1) is 0 Å². The van der Waals surface area contributed by atoms with Crippen molar-refractivity contribution in [1.29, 1.82) is 0 Å². The Morgan fingerprint density at radius 3 is 3.09 bits per heavy atom. The molecule has 1 rings (SSSR count). The lowest BCUT2D eigenvalue weighted by Gasteiger charge is -2.11. The number of hydrogen-bond acceptors (Lipinski definition) is 4. The Bertz CT molecular complexity index is 130. The van der Waals surface area contributed by atoms with E-state index < -0.39 is 0 Å². The van der Waals surface area contributed by atoms with Crippen molar-refractivity contribution in [3.63, 3.8) is 0 Å². The Morgan fingerprint density at radius 2 is 2.36 bits per heavy atom. The molecule has 1 atom stereocenters. The lowest BCUT2D eigenvalue weighted by molar-refractivity contribution is -0.142. The molecule has 0 aromatic rings. The molecule has 64 valence electrons. The largest absolute Gasteiger partial charge is 0.468 e. The molecule has 0 aromatic carbocycles. The van der Waals surface area contributed by atoms with Crippen LogP contribution < -0.4 is 10.6 Å². The quantitative estimate of drug-likeness (QED) is 0.486. The fourth-order valence-corrected chi connectivity index (χ4v) is 1.12. The van der Waals surface area contributed by atoms with Crippen LogP contribution in [-0.4, -0.2) is 38.8 Å². The van der Waals surface area contributed by atoms with Crippen LogP contribution in [0, 0.1) is 0 Å². The van der Waals surface area contributed by atoms with Crippen molar-refractivity contribution in [3.05, 3.63) is 0 Å². The second kappa shape index (κ2) is 4.31. The van der Waals surface area contributed by atoms with Crippen LogP contribution in [0.3, 0.4) is 0 Å². The standard InChI is InChI=1S/C7H14N2O2/c1-11-7(10)6-5-8-3-2-4-9-6/h6,8-9H,2-5H2,1H3/t6-/m0/s1. The molecule has 4 nitrogen and oxygen atoms in total. The van der Waals surface area contributed by atoms with E-state index in [-0.39, 0.29) is 12.0 Å². The fourth-order valence-electron chi connectivity index (χ4n) is 1.12. The third-order valence-corrected chi connectivity index (χ3v) is 1.76. The second-order valence-electron chi connectivity index (χ2n) is 2.59. The maximum Gasteiger partial charge on any atom is 0.324 e. The van der Waals surface area contributed by atoms with E-state index >= 15 is 0 Å². The number of esters is 1. The zero-order chi connectivity index (χ0) is 8.10. The van der Waals surface area contributed by atoms with Crippen molar-refractivity contribution in [2.75, 3.05) is 26.7 Å². The summed E-state index contributed by atoms with van der Waals surface area (Å²) in [6.45, 7) is 2.53. The average molecular weight is 158 g/mol. The van der Waals surface area contributed by atoms with Crippen LogP contribution in [0.2, 0.25) is 0 Å². The summed E-state index contributed by atoms with van der Waals surface area (Å²) in [6, 6.07) is -0.164. The highest BCUT2D eigenvalue weighted by Gasteiger charge is 2.18. The molecule has 0 saturated carbocycles. The van der Waals surface area contributed by atoms with E-state index in [1.54, 1.807) is 0 Å². The van der Waals surface area contributed by atoms with Gasteiger partial charge >= 0.3 is 5.97 Å². The monoisotopic (exact) mass is 158 g/mol. The van der Waals surface area contributed by atoms with Crippen LogP contribution in [0.1, 0.15) is 6.42 Å². The van der Waals surface area contributed by atoms with Gasteiger partial charge in [-0.25, -0.2) is 0 Å². The first kappa shape index (κ1) is 8.49. The Morgan fingerprint density at radius 1 is 1.55 bits per heavy atom. The van der Waals surface area contributed by atoms with Crippen LogP contribution in [0.15, 0.2) is 0 Å². The maximum absolute atomic E-state index is 11.0. The predicted octanol–water partition coefficient (Wildman–Crippen LogP) is -0.889. The maximum atomic E-state index is 11.0. The molecule has 0 unspecified atom stereocenters. The van der Waals surface area contributed by atoms with Gasteiger partial charge in [0.05, 0.1) is 7.11 Å². The molecule has 0 aliphatic carbocycles. The van der Waals surface area contributed by atoms with E-state index in [0.29, 0.717) is 6.54 Å². The lowest BCUT2D eigenvalue weighted by Crippen LogP contribution is -2.42. The SMILES string of the molecule is COC(=O)[C@@H]1CNCCCN1. The highest BCUT2D eigenvalue weighted by Crippen LogP contribution is 1.91. The van der Waals surface area contributed by atoms with Gasteiger partial charge in [0.1, 0.15) is 6.04 Å². The summed E-state index contributed by atoms with van der Waals surface area (Å²) in [7, 11) is 1.41. The van der Waals surface area contributed by atoms with Crippen molar-refractivity contribution in [3.8, 4) is 0 Å². The molecule has 0 aromatic heterocycles. The molecular formula is C7H14N2O2. The summed E-state index contributed by atoms with van der Waals surface area (Å²) in [5, 5.41) is 6.24. The van der Waals surface area contributed by atoms with Crippen molar-refractivity contribution in [2.45, 2.75) is 12.5 Å². The van der Waals surface area contributed by atoms with Crippen molar-refractivity contribution < 1.29 is 9.53 Å². The average Bonchev–Trinajstić information content (AvgIpc) is 2.30. The minimum Gasteiger partial charge on any atom is -0.468 e. The summed E-state index contributed by atoms with van der Waals surface area (Å²) in [6.07, 6.45) is 1.06. The third-order valence-electron chi connectivity index (χ3n) is 1.76. The number of carbonyl (C=O) groups excluding carboxylic acids is 1. The molecule has 0 bridgehead atoms. The number of methoxy groups -OCH3 is 1. The van der Waals surface area contributed by atoms with Crippen LogP contribution in [0.25, 0.3) is 0 Å². The van der Waals surface area contributed by atoms with Gasteiger partial charge < -0.3 is 15.4 Å². The molecular weight excluding hydrogens is 144 g/mol. The summed E-state index contributed by atoms with van der Waals surface area (Å²) in [5.74, 6) is -0.181. The van der Waals surface area contributed by atoms with E-state index in [9.17, 15) is 4.79 Å². The number of ether oxygens (including phenoxy) is 1. The molecule has 0 amide bonds. The molecule has 0 spiro atoms. The number of carbonyl (C=O) groups is 1.